The highest BCUT2D eigenvalue weighted by molar-refractivity contribution is 5.69. The predicted molar refractivity (Wildman–Crippen MR) is 57.6 cm³/mol. The number of carbonyl (C=O) groups excluding carboxylic acids is 1. The molecule has 1 aliphatic rings. The van der Waals surface area contributed by atoms with E-state index in [2.05, 4.69) is 12.2 Å². The van der Waals surface area contributed by atoms with Crippen LogP contribution in [0.1, 0.15) is 40.5 Å². The number of aliphatic hydroxyl groups is 1. The van der Waals surface area contributed by atoms with Crippen LogP contribution in [0.2, 0.25) is 0 Å². The first-order chi connectivity index (χ1) is 6.83. The molecule has 0 spiro atoms. The summed E-state index contributed by atoms with van der Waals surface area (Å²) in [5.74, 6) is 0.384. The number of aliphatic hydroxyl groups excluding tert-OH is 1. The summed E-state index contributed by atoms with van der Waals surface area (Å²) >= 11 is 0. The number of carbonyl (C=O) groups is 1. The van der Waals surface area contributed by atoms with Gasteiger partial charge in [-0.1, -0.05) is 13.3 Å². The van der Waals surface area contributed by atoms with Crippen LogP contribution in [0.5, 0.6) is 0 Å². The molecule has 15 heavy (non-hydrogen) atoms. The molecule has 0 aromatic rings. The zero-order valence-corrected chi connectivity index (χ0v) is 9.96. The van der Waals surface area contributed by atoms with E-state index in [4.69, 9.17) is 4.74 Å². The summed E-state index contributed by atoms with van der Waals surface area (Å²) in [6.07, 6.45) is 1.38. The Balaban J connectivity index is 2.45. The highest BCUT2D eigenvalue weighted by Gasteiger charge is 2.54. The molecule has 2 atom stereocenters. The van der Waals surface area contributed by atoms with Crippen molar-refractivity contribution >= 4 is 6.09 Å². The summed E-state index contributed by atoms with van der Waals surface area (Å²) < 4.78 is 5.15. The molecule has 0 radical (unpaired) electrons. The molecule has 4 heteroatoms. The largest absolute Gasteiger partial charge is 0.444 e. The van der Waals surface area contributed by atoms with Gasteiger partial charge in [0.1, 0.15) is 5.60 Å². The first kappa shape index (κ1) is 12.3. The normalized spacial score (nSPS) is 29.8. The van der Waals surface area contributed by atoms with Crippen LogP contribution < -0.4 is 5.32 Å². The standard InChI is InChI=1S/C11H21NO3/c1-5-8-6-11(8,7-13)12-9(14)15-10(2,3)4/h8,13H,5-7H2,1-4H3,(H,12,14)/t8-,11+/m1/s1. The third-order valence-electron chi connectivity index (χ3n) is 2.76. The van der Waals surface area contributed by atoms with Gasteiger partial charge in [-0.15, -0.1) is 0 Å². The molecule has 1 fully saturated rings. The highest BCUT2D eigenvalue weighted by atomic mass is 16.6. The van der Waals surface area contributed by atoms with E-state index in [1.54, 1.807) is 0 Å². The van der Waals surface area contributed by atoms with Gasteiger partial charge in [0.25, 0.3) is 0 Å². The lowest BCUT2D eigenvalue weighted by atomic mass is 10.2. The third kappa shape index (κ3) is 3.09. The van der Waals surface area contributed by atoms with Crippen molar-refractivity contribution in [3.05, 3.63) is 0 Å². The molecule has 1 aliphatic carbocycles. The van der Waals surface area contributed by atoms with Gasteiger partial charge in [0.2, 0.25) is 0 Å². The lowest BCUT2D eigenvalue weighted by Crippen LogP contribution is -2.44. The Morgan fingerprint density at radius 1 is 1.60 bits per heavy atom. The molecule has 88 valence electrons. The molecule has 2 N–H and O–H groups in total. The van der Waals surface area contributed by atoms with E-state index in [1.165, 1.54) is 0 Å². The van der Waals surface area contributed by atoms with E-state index in [0.29, 0.717) is 5.92 Å². The molecule has 0 bridgehead atoms. The van der Waals surface area contributed by atoms with Crippen LogP contribution in [0.15, 0.2) is 0 Å². The van der Waals surface area contributed by atoms with Crippen LogP contribution in [0.3, 0.4) is 0 Å². The SMILES string of the molecule is CC[C@@H]1C[C@@]1(CO)NC(=O)OC(C)(C)C. The molecule has 0 saturated heterocycles. The topological polar surface area (TPSA) is 58.6 Å². The Morgan fingerprint density at radius 2 is 2.20 bits per heavy atom. The fourth-order valence-corrected chi connectivity index (χ4v) is 1.81. The van der Waals surface area contributed by atoms with E-state index < -0.39 is 17.2 Å². The molecule has 0 aromatic carbocycles. The van der Waals surface area contributed by atoms with Crippen LogP contribution in [-0.2, 0) is 4.74 Å². The summed E-state index contributed by atoms with van der Waals surface area (Å²) in [4.78, 5) is 11.5. The predicted octanol–water partition coefficient (Wildman–Crippen LogP) is 1.67. The van der Waals surface area contributed by atoms with Gasteiger partial charge in [-0.05, 0) is 33.1 Å². The third-order valence-corrected chi connectivity index (χ3v) is 2.76. The Bertz CT molecular complexity index is 247. The Kier molecular flexibility index (Phi) is 3.28. The molecule has 1 amide bonds. The second-order valence-electron chi connectivity index (χ2n) is 5.25. The van der Waals surface area contributed by atoms with Gasteiger partial charge in [-0.3, -0.25) is 0 Å². The maximum Gasteiger partial charge on any atom is 0.408 e. The Labute approximate surface area is 91.0 Å². The lowest BCUT2D eigenvalue weighted by Gasteiger charge is -2.23. The zero-order valence-electron chi connectivity index (χ0n) is 9.96. The van der Waals surface area contributed by atoms with Crippen LogP contribution in [0.25, 0.3) is 0 Å². The summed E-state index contributed by atoms with van der Waals surface area (Å²) in [7, 11) is 0. The second-order valence-corrected chi connectivity index (χ2v) is 5.25. The average Bonchev–Trinajstić information content (AvgIpc) is 2.76. The molecule has 1 rings (SSSR count). The smallest absolute Gasteiger partial charge is 0.408 e. The minimum absolute atomic E-state index is 0.00918. The molecule has 0 unspecified atom stereocenters. The van der Waals surface area contributed by atoms with E-state index in [0.717, 1.165) is 12.8 Å². The molecule has 1 saturated carbocycles. The van der Waals surface area contributed by atoms with Crippen molar-refractivity contribution in [2.24, 2.45) is 5.92 Å². The maximum absolute atomic E-state index is 11.5. The number of amides is 1. The first-order valence-electron chi connectivity index (χ1n) is 5.45. The summed E-state index contributed by atoms with van der Waals surface area (Å²) in [5, 5.41) is 12.0. The van der Waals surface area contributed by atoms with Crippen LogP contribution in [-0.4, -0.2) is 28.9 Å². The van der Waals surface area contributed by atoms with Crippen molar-refractivity contribution in [3.63, 3.8) is 0 Å². The second kappa shape index (κ2) is 4.00. The molecular formula is C11H21NO3. The highest BCUT2D eigenvalue weighted by Crippen LogP contribution is 2.45. The molecule has 0 aliphatic heterocycles. The first-order valence-corrected chi connectivity index (χ1v) is 5.45. The zero-order chi connectivity index (χ0) is 11.7. The molecule has 0 aromatic heterocycles. The lowest BCUT2D eigenvalue weighted by molar-refractivity contribution is 0.0462. The molecule has 4 nitrogen and oxygen atoms in total. The summed E-state index contributed by atoms with van der Waals surface area (Å²) in [6, 6.07) is 0. The molecular weight excluding hydrogens is 194 g/mol. The van der Waals surface area contributed by atoms with Crippen molar-refractivity contribution < 1.29 is 14.6 Å². The number of hydrogen-bond donors (Lipinski definition) is 2. The number of rotatable bonds is 3. The van der Waals surface area contributed by atoms with Gasteiger partial charge >= 0.3 is 6.09 Å². The van der Waals surface area contributed by atoms with Gasteiger partial charge < -0.3 is 15.2 Å². The molecule has 0 heterocycles. The number of nitrogens with one attached hydrogen (secondary N) is 1. The van der Waals surface area contributed by atoms with E-state index in [1.807, 2.05) is 20.8 Å². The number of hydrogen-bond acceptors (Lipinski definition) is 3. The number of alkyl carbamates (subject to hydrolysis) is 1. The van der Waals surface area contributed by atoms with Gasteiger partial charge in [-0.2, -0.15) is 0 Å². The monoisotopic (exact) mass is 215 g/mol. The van der Waals surface area contributed by atoms with Crippen LogP contribution in [0.4, 0.5) is 4.79 Å². The van der Waals surface area contributed by atoms with Crippen molar-refractivity contribution in [2.75, 3.05) is 6.61 Å². The number of ether oxygens (including phenoxy) is 1. The average molecular weight is 215 g/mol. The van der Waals surface area contributed by atoms with E-state index in [9.17, 15) is 9.90 Å². The minimum Gasteiger partial charge on any atom is -0.444 e. The van der Waals surface area contributed by atoms with Gasteiger partial charge in [0, 0.05) is 0 Å². The van der Waals surface area contributed by atoms with Crippen LogP contribution >= 0.6 is 0 Å². The maximum atomic E-state index is 11.5. The van der Waals surface area contributed by atoms with E-state index >= 15 is 0 Å². The summed E-state index contributed by atoms with van der Waals surface area (Å²) in [6.45, 7) is 7.51. The van der Waals surface area contributed by atoms with Crippen molar-refractivity contribution in [1.29, 1.82) is 0 Å². The minimum atomic E-state index is -0.489. The fourth-order valence-electron chi connectivity index (χ4n) is 1.81. The Morgan fingerprint density at radius 3 is 2.53 bits per heavy atom. The quantitative estimate of drug-likeness (QED) is 0.753. The van der Waals surface area contributed by atoms with Gasteiger partial charge in [0.15, 0.2) is 0 Å². The Hall–Kier alpha value is -0.770. The van der Waals surface area contributed by atoms with Crippen LogP contribution in [0, 0.1) is 5.92 Å². The van der Waals surface area contributed by atoms with Gasteiger partial charge in [-0.25, -0.2) is 4.79 Å². The summed E-state index contributed by atoms with van der Waals surface area (Å²) in [5.41, 5.74) is -0.908. The van der Waals surface area contributed by atoms with Crippen molar-refractivity contribution in [2.45, 2.75) is 51.7 Å². The van der Waals surface area contributed by atoms with E-state index in [-0.39, 0.29) is 6.61 Å². The van der Waals surface area contributed by atoms with Gasteiger partial charge in [0.05, 0.1) is 12.1 Å². The van der Waals surface area contributed by atoms with Crippen molar-refractivity contribution in [1.82, 2.24) is 5.32 Å². The van der Waals surface area contributed by atoms with Crippen molar-refractivity contribution in [3.8, 4) is 0 Å². The fraction of sp³-hybridized carbons (Fsp3) is 0.909.